The molecule has 0 fully saturated rings. The zero-order valence-electron chi connectivity index (χ0n) is 10.7. The Kier molecular flexibility index (Phi) is 3.06. The number of aromatic nitrogens is 2. The molecule has 5 nitrogen and oxygen atoms in total. The van der Waals surface area contributed by atoms with Gasteiger partial charge in [-0.3, -0.25) is 9.48 Å². The van der Waals surface area contributed by atoms with Crippen molar-refractivity contribution in [3.63, 3.8) is 0 Å². The summed E-state index contributed by atoms with van der Waals surface area (Å²) in [6.07, 6.45) is 3.34. The molecule has 0 aliphatic heterocycles. The maximum atomic E-state index is 12.1. The van der Waals surface area contributed by atoms with Gasteiger partial charge in [-0.1, -0.05) is 6.07 Å². The van der Waals surface area contributed by atoms with Gasteiger partial charge in [0.1, 0.15) is 0 Å². The standard InChI is InChI=1S/C13H16N4O/c1-8-4-9(2)12(14)5-11(8)13(18)16-10-6-15-17(3)7-10/h4-7H,14H2,1-3H3,(H,16,18). The van der Waals surface area contributed by atoms with Gasteiger partial charge in [-0.15, -0.1) is 0 Å². The summed E-state index contributed by atoms with van der Waals surface area (Å²) >= 11 is 0. The van der Waals surface area contributed by atoms with Crippen molar-refractivity contribution in [2.45, 2.75) is 13.8 Å². The summed E-state index contributed by atoms with van der Waals surface area (Å²) in [6.45, 7) is 3.82. The van der Waals surface area contributed by atoms with Crippen LogP contribution < -0.4 is 11.1 Å². The number of nitrogens with one attached hydrogen (secondary N) is 1. The van der Waals surface area contributed by atoms with Gasteiger partial charge in [-0.05, 0) is 31.0 Å². The first-order valence-electron chi connectivity index (χ1n) is 5.64. The van der Waals surface area contributed by atoms with Crippen molar-refractivity contribution >= 4 is 17.3 Å². The molecule has 94 valence electrons. The van der Waals surface area contributed by atoms with Crippen molar-refractivity contribution in [3.8, 4) is 0 Å². The molecule has 1 heterocycles. The van der Waals surface area contributed by atoms with Gasteiger partial charge in [-0.2, -0.15) is 5.10 Å². The fraction of sp³-hybridized carbons (Fsp3) is 0.231. The number of hydrogen-bond acceptors (Lipinski definition) is 3. The first-order chi connectivity index (χ1) is 8.47. The van der Waals surface area contributed by atoms with Crippen LogP contribution in [0.2, 0.25) is 0 Å². The number of benzene rings is 1. The second-order valence-corrected chi connectivity index (χ2v) is 4.38. The van der Waals surface area contributed by atoms with E-state index < -0.39 is 0 Å². The molecule has 0 saturated heterocycles. The molecule has 0 bridgehead atoms. The lowest BCUT2D eigenvalue weighted by atomic mass is 10.0. The van der Waals surface area contributed by atoms with Gasteiger partial charge < -0.3 is 11.1 Å². The highest BCUT2D eigenvalue weighted by Crippen LogP contribution is 2.19. The lowest BCUT2D eigenvalue weighted by Crippen LogP contribution is -2.13. The third kappa shape index (κ3) is 2.34. The molecule has 1 aromatic carbocycles. The molecule has 0 aliphatic rings. The highest BCUT2D eigenvalue weighted by Gasteiger charge is 2.11. The van der Waals surface area contributed by atoms with Crippen LogP contribution in [0.3, 0.4) is 0 Å². The zero-order valence-corrected chi connectivity index (χ0v) is 10.7. The minimum absolute atomic E-state index is 0.174. The molecule has 2 rings (SSSR count). The number of hydrogen-bond donors (Lipinski definition) is 2. The van der Waals surface area contributed by atoms with Crippen LogP contribution in [0.15, 0.2) is 24.5 Å². The SMILES string of the molecule is Cc1cc(C)c(C(=O)Nc2cnn(C)c2)cc1N. The molecule has 3 N–H and O–H groups in total. The Morgan fingerprint density at radius 3 is 2.67 bits per heavy atom. The number of nitrogen functional groups attached to an aromatic ring is 1. The van der Waals surface area contributed by atoms with E-state index in [2.05, 4.69) is 10.4 Å². The highest BCUT2D eigenvalue weighted by atomic mass is 16.1. The predicted octanol–water partition coefficient (Wildman–Crippen LogP) is 1.87. The first-order valence-corrected chi connectivity index (χ1v) is 5.64. The summed E-state index contributed by atoms with van der Waals surface area (Å²) in [5.74, 6) is -0.174. The predicted molar refractivity (Wildman–Crippen MR) is 71.5 cm³/mol. The van der Waals surface area contributed by atoms with Crippen molar-refractivity contribution in [2.75, 3.05) is 11.1 Å². The molecule has 1 amide bonds. The largest absolute Gasteiger partial charge is 0.398 e. The number of carbonyl (C=O) groups is 1. The summed E-state index contributed by atoms with van der Waals surface area (Å²) in [4.78, 5) is 12.1. The van der Waals surface area contributed by atoms with Crippen molar-refractivity contribution in [2.24, 2.45) is 7.05 Å². The normalized spacial score (nSPS) is 10.4. The van der Waals surface area contributed by atoms with Crippen LogP contribution in [0.1, 0.15) is 21.5 Å². The number of amides is 1. The van der Waals surface area contributed by atoms with Gasteiger partial charge in [0.05, 0.1) is 11.9 Å². The molecule has 0 saturated carbocycles. The maximum absolute atomic E-state index is 12.1. The van der Waals surface area contributed by atoms with E-state index in [9.17, 15) is 4.79 Å². The van der Waals surface area contributed by atoms with Crippen molar-refractivity contribution in [1.29, 1.82) is 0 Å². The highest BCUT2D eigenvalue weighted by molar-refractivity contribution is 6.05. The number of nitrogens with two attached hydrogens (primary N) is 1. The fourth-order valence-electron chi connectivity index (χ4n) is 1.80. The summed E-state index contributed by atoms with van der Waals surface area (Å²) in [5, 5.41) is 6.78. The molecular formula is C13H16N4O. The third-order valence-electron chi connectivity index (χ3n) is 2.82. The maximum Gasteiger partial charge on any atom is 0.256 e. The minimum atomic E-state index is -0.174. The van der Waals surface area contributed by atoms with E-state index in [1.54, 1.807) is 30.2 Å². The number of nitrogens with zero attached hydrogens (tertiary/aromatic N) is 2. The minimum Gasteiger partial charge on any atom is -0.398 e. The van der Waals surface area contributed by atoms with Crippen LogP contribution in [0, 0.1) is 13.8 Å². The van der Waals surface area contributed by atoms with Gasteiger partial charge >= 0.3 is 0 Å². The smallest absolute Gasteiger partial charge is 0.256 e. The molecule has 0 radical (unpaired) electrons. The average molecular weight is 244 g/mol. The third-order valence-corrected chi connectivity index (χ3v) is 2.82. The second kappa shape index (κ2) is 4.52. The van der Waals surface area contributed by atoms with Crippen molar-refractivity contribution < 1.29 is 4.79 Å². The van der Waals surface area contributed by atoms with E-state index in [0.29, 0.717) is 16.9 Å². The van der Waals surface area contributed by atoms with E-state index in [4.69, 9.17) is 5.73 Å². The summed E-state index contributed by atoms with van der Waals surface area (Å²) in [5.41, 5.74) is 9.59. The van der Waals surface area contributed by atoms with Crippen LogP contribution in [0.4, 0.5) is 11.4 Å². The molecule has 18 heavy (non-hydrogen) atoms. The van der Waals surface area contributed by atoms with E-state index in [-0.39, 0.29) is 5.91 Å². The fourth-order valence-corrected chi connectivity index (χ4v) is 1.80. The molecule has 0 atom stereocenters. The molecule has 0 unspecified atom stereocenters. The topological polar surface area (TPSA) is 72.9 Å². The molecule has 5 heteroatoms. The van der Waals surface area contributed by atoms with Gasteiger partial charge in [0.2, 0.25) is 0 Å². The molecule has 0 aliphatic carbocycles. The van der Waals surface area contributed by atoms with E-state index in [1.165, 1.54) is 0 Å². The molecule has 0 spiro atoms. The second-order valence-electron chi connectivity index (χ2n) is 4.38. The number of anilines is 2. The van der Waals surface area contributed by atoms with Crippen LogP contribution in [-0.2, 0) is 7.05 Å². The Bertz CT molecular complexity index is 601. The van der Waals surface area contributed by atoms with Crippen LogP contribution in [0.5, 0.6) is 0 Å². The van der Waals surface area contributed by atoms with Crippen molar-refractivity contribution in [3.05, 3.63) is 41.2 Å². The monoisotopic (exact) mass is 244 g/mol. The number of rotatable bonds is 2. The van der Waals surface area contributed by atoms with E-state index >= 15 is 0 Å². The zero-order chi connectivity index (χ0) is 13.3. The van der Waals surface area contributed by atoms with Crippen LogP contribution in [-0.4, -0.2) is 15.7 Å². The van der Waals surface area contributed by atoms with Crippen LogP contribution in [0.25, 0.3) is 0 Å². The van der Waals surface area contributed by atoms with Crippen molar-refractivity contribution in [1.82, 2.24) is 9.78 Å². The van der Waals surface area contributed by atoms with Gasteiger partial charge in [0.25, 0.3) is 5.91 Å². The summed E-state index contributed by atoms with van der Waals surface area (Å²) in [7, 11) is 1.80. The molecule has 1 aromatic heterocycles. The first kappa shape index (κ1) is 12.2. The van der Waals surface area contributed by atoms with Gasteiger partial charge in [0.15, 0.2) is 0 Å². The molecule has 2 aromatic rings. The van der Waals surface area contributed by atoms with Crippen LogP contribution >= 0.6 is 0 Å². The Morgan fingerprint density at radius 2 is 2.06 bits per heavy atom. The molecular weight excluding hydrogens is 228 g/mol. The average Bonchev–Trinajstić information content (AvgIpc) is 2.69. The Balaban J connectivity index is 2.26. The van der Waals surface area contributed by atoms with Gasteiger partial charge in [-0.25, -0.2) is 0 Å². The van der Waals surface area contributed by atoms with E-state index in [0.717, 1.165) is 11.1 Å². The Labute approximate surface area is 106 Å². The summed E-state index contributed by atoms with van der Waals surface area (Å²) < 4.78 is 1.63. The number of aryl methyl sites for hydroxylation is 3. The van der Waals surface area contributed by atoms with E-state index in [1.807, 2.05) is 19.9 Å². The lowest BCUT2D eigenvalue weighted by molar-refractivity contribution is 0.102. The Hall–Kier alpha value is -2.30. The summed E-state index contributed by atoms with van der Waals surface area (Å²) in [6, 6.07) is 3.61. The number of carbonyl (C=O) groups excluding carboxylic acids is 1. The quantitative estimate of drug-likeness (QED) is 0.792. The Morgan fingerprint density at radius 1 is 1.33 bits per heavy atom. The van der Waals surface area contributed by atoms with Gasteiger partial charge in [0, 0.05) is 24.5 Å². The lowest BCUT2D eigenvalue weighted by Gasteiger charge is -2.09.